The minimum Gasteiger partial charge on any atom is -0.310 e. The van der Waals surface area contributed by atoms with Gasteiger partial charge in [0.1, 0.15) is 17.5 Å². The Morgan fingerprint density at radius 1 is 0.347 bits per heavy atom. The lowest BCUT2D eigenvalue weighted by Gasteiger charge is -2.31. The van der Waals surface area contributed by atoms with E-state index in [-0.39, 0.29) is 22.6 Å². The van der Waals surface area contributed by atoms with Gasteiger partial charge >= 0.3 is 0 Å². The van der Waals surface area contributed by atoms with Crippen LogP contribution in [-0.4, -0.2) is 0 Å². The first-order chi connectivity index (χ1) is 35.2. The maximum Gasteiger partial charge on any atom is 0.148 e. The topological polar surface area (TPSA) is 6.48 Å². The van der Waals surface area contributed by atoms with E-state index in [4.69, 9.17) is 0 Å². The molecule has 344 valence electrons. The minimum absolute atomic E-state index is 0.213. The number of anilines is 6. The highest BCUT2D eigenvalue weighted by atomic mass is 19.1. The van der Waals surface area contributed by atoms with Gasteiger partial charge in [-0.15, -0.1) is 0 Å². The van der Waals surface area contributed by atoms with Gasteiger partial charge in [0.05, 0.1) is 22.7 Å². The van der Waals surface area contributed by atoms with Crippen LogP contribution in [-0.2, 0) is 5.41 Å². The first kappa shape index (κ1) is 43.1. The Balaban J connectivity index is 1.04. The van der Waals surface area contributed by atoms with E-state index in [0.29, 0.717) is 22.5 Å². The van der Waals surface area contributed by atoms with Crippen molar-refractivity contribution in [2.24, 2.45) is 0 Å². The fourth-order valence-electron chi connectivity index (χ4n) is 11.5. The van der Waals surface area contributed by atoms with Crippen molar-refractivity contribution in [2.45, 2.75) is 19.3 Å². The molecule has 72 heavy (non-hydrogen) atoms. The molecule has 0 unspecified atom stereocenters. The van der Waals surface area contributed by atoms with Crippen LogP contribution in [0.5, 0.6) is 0 Å². The van der Waals surface area contributed by atoms with Crippen LogP contribution in [0.4, 0.5) is 47.3 Å². The third-order valence-corrected chi connectivity index (χ3v) is 14.7. The molecular formula is C67H45F3N2. The minimum atomic E-state index is -0.493. The average molecular weight is 935 g/mol. The highest BCUT2D eigenvalue weighted by Crippen LogP contribution is 2.54. The van der Waals surface area contributed by atoms with E-state index in [0.717, 1.165) is 71.5 Å². The molecule has 0 fully saturated rings. The summed E-state index contributed by atoms with van der Waals surface area (Å²) in [5, 5.41) is 5.66. The molecule has 2 nitrogen and oxygen atoms in total. The van der Waals surface area contributed by atoms with Crippen molar-refractivity contribution in [1.29, 1.82) is 0 Å². The first-order valence-electron chi connectivity index (χ1n) is 24.3. The smallest absolute Gasteiger partial charge is 0.148 e. The number of halogens is 3. The predicted molar refractivity (Wildman–Crippen MR) is 293 cm³/mol. The summed E-state index contributed by atoms with van der Waals surface area (Å²) in [6.45, 7) is 4.51. The van der Waals surface area contributed by atoms with Gasteiger partial charge in [-0.05, 0) is 138 Å². The largest absolute Gasteiger partial charge is 0.310 e. The molecule has 1 aliphatic carbocycles. The lowest BCUT2D eigenvalue weighted by molar-refractivity contribution is 0.620. The molecule has 0 aliphatic heterocycles. The van der Waals surface area contributed by atoms with Gasteiger partial charge < -0.3 is 9.80 Å². The number of hydrogen-bond acceptors (Lipinski definition) is 2. The SMILES string of the molecule is CC1(C)c2ccccc2-c2c(-c3cc(F)cc(N(c4ccccc4)c4ccc5ccc6c(N(c7ccccc7F)c7c(F)cc(-c8ccccc8)cc7-c7ccccc7)ccc7ccc4c5c76)c3)cccc21. The molecule has 0 amide bonds. The van der Waals surface area contributed by atoms with Gasteiger partial charge in [-0.25, -0.2) is 13.2 Å². The van der Waals surface area contributed by atoms with Crippen molar-refractivity contribution in [3.05, 3.63) is 265 Å². The summed E-state index contributed by atoms with van der Waals surface area (Å²) in [5.41, 5.74) is 12.8. The molecule has 0 aromatic heterocycles. The predicted octanol–water partition coefficient (Wildman–Crippen LogP) is 19.2. The zero-order chi connectivity index (χ0) is 48.7. The fourth-order valence-corrected chi connectivity index (χ4v) is 11.5. The summed E-state index contributed by atoms with van der Waals surface area (Å²) < 4.78 is 50.8. The van der Waals surface area contributed by atoms with E-state index in [1.807, 2.05) is 109 Å². The van der Waals surface area contributed by atoms with E-state index in [1.54, 1.807) is 41.3 Å². The molecular weight excluding hydrogens is 890 g/mol. The number of para-hydroxylation sites is 2. The van der Waals surface area contributed by atoms with E-state index in [9.17, 15) is 0 Å². The maximum absolute atomic E-state index is 17.6. The third kappa shape index (κ3) is 6.87. The van der Waals surface area contributed by atoms with Crippen LogP contribution in [0.25, 0.3) is 76.8 Å². The zero-order valence-corrected chi connectivity index (χ0v) is 39.5. The molecule has 12 aromatic carbocycles. The third-order valence-electron chi connectivity index (χ3n) is 14.7. The molecule has 0 spiro atoms. The number of benzene rings is 12. The summed E-state index contributed by atoms with van der Waals surface area (Å²) in [5.74, 6) is -1.33. The fraction of sp³-hybridized carbons (Fsp3) is 0.0448. The Bertz CT molecular complexity index is 4060. The van der Waals surface area contributed by atoms with Crippen molar-refractivity contribution in [3.8, 4) is 44.5 Å². The summed E-state index contributed by atoms with van der Waals surface area (Å²) in [6.07, 6.45) is 0. The van der Waals surface area contributed by atoms with Crippen LogP contribution in [0.15, 0.2) is 237 Å². The Kier molecular flexibility index (Phi) is 10.1. The van der Waals surface area contributed by atoms with Crippen molar-refractivity contribution in [3.63, 3.8) is 0 Å². The van der Waals surface area contributed by atoms with Crippen LogP contribution < -0.4 is 9.80 Å². The molecule has 0 saturated heterocycles. The molecule has 0 heterocycles. The average Bonchev–Trinajstić information content (AvgIpc) is 3.65. The number of fused-ring (bicyclic) bond motifs is 3. The van der Waals surface area contributed by atoms with E-state index in [2.05, 4.69) is 104 Å². The number of rotatable bonds is 9. The zero-order valence-electron chi connectivity index (χ0n) is 39.5. The normalized spacial score (nSPS) is 12.6. The molecule has 0 radical (unpaired) electrons. The van der Waals surface area contributed by atoms with Crippen LogP contribution in [0.1, 0.15) is 25.0 Å². The quantitative estimate of drug-likeness (QED) is 0.133. The van der Waals surface area contributed by atoms with Crippen LogP contribution in [0, 0.1) is 17.5 Å². The van der Waals surface area contributed by atoms with Crippen LogP contribution >= 0.6 is 0 Å². The van der Waals surface area contributed by atoms with Gasteiger partial charge in [-0.3, -0.25) is 0 Å². The van der Waals surface area contributed by atoms with E-state index in [1.165, 1.54) is 22.8 Å². The summed E-state index contributed by atoms with van der Waals surface area (Å²) in [4.78, 5) is 3.89. The molecule has 5 heteroatoms. The first-order valence-corrected chi connectivity index (χ1v) is 24.3. The Morgan fingerprint density at radius 3 is 1.61 bits per heavy atom. The second kappa shape index (κ2) is 16.9. The maximum atomic E-state index is 17.6. The summed E-state index contributed by atoms with van der Waals surface area (Å²) in [7, 11) is 0. The molecule has 0 bridgehead atoms. The van der Waals surface area contributed by atoms with Gasteiger partial charge in [0, 0.05) is 33.1 Å². The summed E-state index contributed by atoms with van der Waals surface area (Å²) in [6, 6.07) is 76.6. The van der Waals surface area contributed by atoms with Crippen molar-refractivity contribution in [1.82, 2.24) is 0 Å². The van der Waals surface area contributed by atoms with Crippen LogP contribution in [0.2, 0.25) is 0 Å². The molecule has 0 saturated carbocycles. The van der Waals surface area contributed by atoms with Crippen LogP contribution in [0.3, 0.4) is 0 Å². The number of nitrogens with zero attached hydrogens (tertiary/aromatic N) is 2. The van der Waals surface area contributed by atoms with Gasteiger partial charge in [0.15, 0.2) is 0 Å². The lowest BCUT2D eigenvalue weighted by atomic mass is 9.82. The lowest BCUT2D eigenvalue weighted by Crippen LogP contribution is -2.15. The molecule has 0 atom stereocenters. The highest BCUT2D eigenvalue weighted by Gasteiger charge is 2.37. The molecule has 1 aliphatic rings. The van der Waals surface area contributed by atoms with Crippen molar-refractivity contribution >= 4 is 66.4 Å². The Morgan fingerprint density at radius 2 is 0.917 bits per heavy atom. The number of hydrogen-bond donors (Lipinski definition) is 0. The standard InChI is InChI=1S/C67H45F3N2/c1-67(2)56-25-13-12-23-52(56)65-51(24-16-26-57(65)67)47-37-48(68)41-50(38-47)71(49-21-10-5-11-22-49)60-35-31-44-30-34-54-61(36-32-45-29-33-53(60)63(44)64(45)54)72(62-28-15-14-27-58(62)69)66-55(43-19-8-4-9-20-43)39-46(40-59(66)70)42-17-6-3-7-18-42/h3-41H,1-2H3. The Hall–Kier alpha value is -8.93. The molecule has 13 rings (SSSR count). The monoisotopic (exact) mass is 934 g/mol. The molecule has 12 aromatic rings. The summed E-state index contributed by atoms with van der Waals surface area (Å²) >= 11 is 0. The van der Waals surface area contributed by atoms with Crippen molar-refractivity contribution in [2.75, 3.05) is 9.80 Å². The Labute approximate surface area is 416 Å². The molecule has 0 N–H and O–H groups in total. The van der Waals surface area contributed by atoms with E-state index < -0.39 is 11.6 Å². The second-order valence-electron chi connectivity index (χ2n) is 19.2. The van der Waals surface area contributed by atoms with Gasteiger partial charge in [0.25, 0.3) is 0 Å². The van der Waals surface area contributed by atoms with Gasteiger partial charge in [-0.2, -0.15) is 0 Å². The van der Waals surface area contributed by atoms with Gasteiger partial charge in [-0.1, -0.05) is 184 Å². The van der Waals surface area contributed by atoms with Gasteiger partial charge in [0.2, 0.25) is 0 Å². The van der Waals surface area contributed by atoms with E-state index >= 15 is 13.2 Å². The second-order valence-corrected chi connectivity index (χ2v) is 19.2. The highest BCUT2D eigenvalue weighted by molar-refractivity contribution is 6.28. The van der Waals surface area contributed by atoms with Crippen molar-refractivity contribution < 1.29 is 13.2 Å².